The van der Waals surface area contributed by atoms with Crippen LogP contribution in [0.2, 0.25) is 0 Å². The summed E-state index contributed by atoms with van der Waals surface area (Å²) in [6, 6.07) is 9.88. The van der Waals surface area contributed by atoms with Gasteiger partial charge in [0.05, 0.1) is 5.69 Å². The Labute approximate surface area is 108 Å². The molecule has 0 aliphatic rings. The van der Waals surface area contributed by atoms with Crippen LogP contribution in [0.1, 0.15) is 31.9 Å². The second-order valence-electron chi connectivity index (χ2n) is 4.46. The fourth-order valence-electron chi connectivity index (χ4n) is 2.01. The molecular formula is C14H20N4. The quantitative estimate of drug-likeness (QED) is 0.627. The van der Waals surface area contributed by atoms with Crippen LogP contribution >= 0.6 is 0 Å². The number of aryl methyl sites for hydroxylation is 1. The van der Waals surface area contributed by atoms with Crippen LogP contribution in [-0.4, -0.2) is 9.66 Å². The van der Waals surface area contributed by atoms with Crippen molar-refractivity contribution in [2.75, 3.05) is 11.6 Å². The van der Waals surface area contributed by atoms with Crippen molar-refractivity contribution in [1.82, 2.24) is 9.66 Å². The van der Waals surface area contributed by atoms with Crippen molar-refractivity contribution in [2.45, 2.75) is 32.6 Å². The molecule has 1 heterocycles. The highest BCUT2D eigenvalue weighted by molar-refractivity contribution is 5.60. The first-order chi connectivity index (χ1) is 8.74. The Bertz CT molecular complexity index is 502. The fraction of sp³-hybridized carbons (Fsp3) is 0.357. The van der Waals surface area contributed by atoms with Gasteiger partial charge in [0.2, 0.25) is 0 Å². The highest BCUT2D eigenvalue weighted by Gasteiger charge is 2.13. The lowest BCUT2D eigenvalue weighted by Gasteiger charge is -2.02. The standard InChI is InChI=1S/C14H20N4/c1-2-3-5-10-12-13(15)18(16)14(17-12)11-8-6-4-7-9-11/h4,6-9H,2-3,5,10,15-16H2,1H3. The Kier molecular flexibility index (Phi) is 3.87. The van der Waals surface area contributed by atoms with E-state index in [-0.39, 0.29) is 0 Å². The summed E-state index contributed by atoms with van der Waals surface area (Å²) in [7, 11) is 0. The van der Waals surface area contributed by atoms with E-state index in [2.05, 4.69) is 11.9 Å². The highest BCUT2D eigenvalue weighted by atomic mass is 15.4. The van der Waals surface area contributed by atoms with E-state index in [4.69, 9.17) is 11.6 Å². The van der Waals surface area contributed by atoms with Gasteiger partial charge in [0.15, 0.2) is 5.82 Å². The Morgan fingerprint density at radius 3 is 2.56 bits per heavy atom. The highest BCUT2D eigenvalue weighted by Crippen LogP contribution is 2.22. The average molecular weight is 244 g/mol. The van der Waals surface area contributed by atoms with E-state index in [9.17, 15) is 0 Å². The zero-order chi connectivity index (χ0) is 13.0. The van der Waals surface area contributed by atoms with Crippen molar-refractivity contribution in [3.05, 3.63) is 36.0 Å². The van der Waals surface area contributed by atoms with Crippen molar-refractivity contribution in [3.63, 3.8) is 0 Å². The fourth-order valence-corrected chi connectivity index (χ4v) is 2.01. The molecule has 0 radical (unpaired) electrons. The number of nitrogens with zero attached hydrogens (tertiary/aromatic N) is 2. The smallest absolute Gasteiger partial charge is 0.160 e. The van der Waals surface area contributed by atoms with Crippen LogP contribution in [0.25, 0.3) is 11.4 Å². The lowest BCUT2D eigenvalue weighted by Crippen LogP contribution is -2.13. The van der Waals surface area contributed by atoms with Crippen LogP contribution in [0.15, 0.2) is 30.3 Å². The van der Waals surface area contributed by atoms with Gasteiger partial charge in [-0.2, -0.15) is 0 Å². The third-order valence-corrected chi connectivity index (χ3v) is 3.07. The van der Waals surface area contributed by atoms with Crippen LogP contribution in [-0.2, 0) is 6.42 Å². The first kappa shape index (κ1) is 12.5. The molecule has 18 heavy (non-hydrogen) atoms. The summed E-state index contributed by atoms with van der Waals surface area (Å²) in [4.78, 5) is 4.56. The van der Waals surface area contributed by atoms with E-state index in [0.29, 0.717) is 5.82 Å². The average Bonchev–Trinajstić information content (AvgIpc) is 2.68. The summed E-state index contributed by atoms with van der Waals surface area (Å²) in [6.45, 7) is 2.18. The Morgan fingerprint density at radius 1 is 1.17 bits per heavy atom. The normalized spacial score (nSPS) is 10.7. The lowest BCUT2D eigenvalue weighted by atomic mass is 10.1. The number of imidazole rings is 1. The van der Waals surface area contributed by atoms with E-state index in [1.165, 1.54) is 17.5 Å². The molecule has 0 amide bonds. The van der Waals surface area contributed by atoms with Crippen molar-refractivity contribution in [2.24, 2.45) is 0 Å². The molecule has 0 bridgehead atoms. The van der Waals surface area contributed by atoms with Gasteiger partial charge >= 0.3 is 0 Å². The zero-order valence-corrected chi connectivity index (χ0v) is 10.8. The molecule has 1 aromatic heterocycles. The number of nitrogen functional groups attached to an aromatic ring is 2. The van der Waals surface area contributed by atoms with Crippen LogP contribution in [0.3, 0.4) is 0 Å². The van der Waals surface area contributed by atoms with E-state index in [0.717, 1.165) is 29.9 Å². The van der Waals surface area contributed by atoms with E-state index in [1.54, 1.807) is 0 Å². The maximum atomic E-state index is 6.00. The number of aromatic nitrogens is 2. The minimum absolute atomic E-state index is 0.574. The van der Waals surface area contributed by atoms with Crippen LogP contribution < -0.4 is 11.6 Å². The maximum Gasteiger partial charge on any atom is 0.160 e. The molecule has 4 nitrogen and oxygen atoms in total. The summed E-state index contributed by atoms with van der Waals surface area (Å²) < 4.78 is 1.48. The van der Waals surface area contributed by atoms with Crippen LogP contribution in [0.4, 0.5) is 5.82 Å². The van der Waals surface area contributed by atoms with Crippen molar-refractivity contribution < 1.29 is 0 Å². The maximum absolute atomic E-state index is 6.00. The third-order valence-electron chi connectivity index (χ3n) is 3.07. The molecule has 2 rings (SSSR count). The molecule has 0 saturated heterocycles. The van der Waals surface area contributed by atoms with Gasteiger partial charge in [0.1, 0.15) is 5.82 Å². The molecular weight excluding hydrogens is 224 g/mol. The summed E-state index contributed by atoms with van der Waals surface area (Å²) in [5.41, 5.74) is 7.90. The molecule has 0 unspecified atom stereocenters. The Hall–Kier alpha value is -1.97. The minimum atomic E-state index is 0.574. The largest absolute Gasteiger partial charge is 0.382 e. The topological polar surface area (TPSA) is 69.9 Å². The van der Waals surface area contributed by atoms with Gasteiger partial charge in [-0.3, -0.25) is 0 Å². The molecule has 0 saturated carbocycles. The minimum Gasteiger partial charge on any atom is -0.382 e. The first-order valence-corrected chi connectivity index (χ1v) is 6.41. The van der Waals surface area contributed by atoms with Gasteiger partial charge < -0.3 is 11.6 Å². The van der Waals surface area contributed by atoms with Gasteiger partial charge in [-0.1, -0.05) is 50.1 Å². The zero-order valence-electron chi connectivity index (χ0n) is 10.8. The number of hydrogen-bond acceptors (Lipinski definition) is 3. The molecule has 2 aromatic rings. The van der Waals surface area contributed by atoms with Gasteiger partial charge in [-0.05, 0) is 12.8 Å². The van der Waals surface area contributed by atoms with Crippen LogP contribution in [0.5, 0.6) is 0 Å². The van der Waals surface area contributed by atoms with Crippen LogP contribution in [0, 0.1) is 0 Å². The van der Waals surface area contributed by atoms with Crippen molar-refractivity contribution in [3.8, 4) is 11.4 Å². The SMILES string of the molecule is CCCCCc1nc(-c2ccccc2)n(N)c1N. The second-order valence-corrected chi connectivity index (χ2v) is 4.46. The van der Waals surface area contributed by atoms with Gasteiger partial charge in [-0.25, -0.2) is 9.66 Å². The molecule has 0 aliphatic heterocycles. The molecule has 0 aliphatic carbocycles. The first-order valence-electron chi connectivity index (χ1n) is 6.41. The summed E-state index contributed by atoms with van der Waals surface area (Å²) >= 11 is 0. The predicted molar refractivity (Wildman–Crippen MR) is 75.5 cm³/mol. The number of hydrogen-bond donors (Lipinski definition) is 2. The monoisotopic (exact) mass is 244 g/mol. The number of unbranched alkanes of at least 4 members (excludes halogenated alkanes) is 2. The molecule has 96 valence electrons. The summed E-state index contributed by atoms with van der Waals surface area (Å²) in [5, 5.41) is 0. The number of benzene rings is 1. The van der Waals surface area contributed by atoms with Crippen molar-refractivity contribution in [1.29, 1.82) is 0 Å². The second kappa shape index (κ2) is 5.58. The molecule has 0 fully saturated rings. The van der Waals surface area contributed by atoms with E-state index >= 15 is 0 Å². The molecule has 0 atom stereocenters. The molecule has 4 N–H and O–H groups in total. The molecule has 4 heteroatoms. The van der Waals surface area contributed by atoms with Crippen molar-refractivity contribution >= 4 is 5.82 Å². The summed E-state index contributed by atoms with van der Waals surface area (Å²) in [5.74, 6) is 7.28. The number of nitrogens with two attached hydrogens (primary N) is 2. The lowest BCUT2D eigenvalue weighted by molar-refractivity contribution is 0.710. The molecule has 1 aromatic carbocycles. The number of rotatable bonds is 5. The number of anilines is 1. The van der Waals surface area contributed by atoms with Gasteiger partial charge in [-0.15, -0.1) is 0 Å². The van der Waals surface area contributed by atoms with E-state index in [1.807, 2.05) is 30.3 Å². The van der Waals surface area contributed by atoms with E-state index < -0.39 is 0 Å². The summed E-state index contributed by atoms with van der Waals surface area (Å²) in [6.07, 6.45) is 4.38. The molecule has 0 spiro atoms. The third kappa shape index (κ3) is 2.47. The Morgan fingerprint density at radius 2 is 1.89 bits per heavy atom. The van der Waals surface area contributed by atoms with Gasteiger partial charge in [0, 0.05) is 5.56 Å². The Balaban J connectivity index is 2.25. The predicted octanol–water partition coefficient (Wildman–Crippen LogP) is 2.58. The van der Waals surface area contributed by atoms with Gasteiger partial charge in [0.25, 0.3) is 0 Å².